The maximum absolute atomic E-state index is 12.5. The molecule has 0 saturated heterocycles. The highest BCUT2D eigenvalue weighted by molar-refractivity contribution is 5.92. The second kappa shape index (κ2) is 6.61. The van der Waals surface area contributed by atoms with Gasteiger partial charge in [-0.1, -0.05) is 37.3 Å². The fourth-order valence-corrected chi connectivity index (χ4v) is 2.60. The van der Waals surface area contributed by atoms with Gasteiger partial charge < -0.3 is 5.32 Å². The molecule has 3 rings (SSSR count). The van der Waals surface area contributed by atoms with Crippen LogP contribution in [0.1, 0.15) is 25.5 Å². The van der Waals surface area contributed by atoms with Gasteiger partial charge in [0.05, 0.1) is 0 Å². The Kier molecular flexibility index (Phi) is 4.38. The van der Waals surface area contributed by atoms with Gasteiger partial charge >= 0.3 is 0 Å². The van der Waals surface area contributed by atoms with Crippen LogP contribution in [0, 0.1) is 0 Å². The zero-order valence-corrected chi connectivity index (χ0v) is 13.5. The highest BCUT2D eigenvalue weighted by atomic mass is 16.2. The van der Waals surface area contributed by atoms with Crippen LogP contribution in [0.3, 0.4) is 0 Å². The predicted molar refractivity (Wildman–Crippen MR) is 93.3 cm³/mol. The topological polar surface area (TPSA) is 33.0 Å². The summed E-state index contributed by atoms with van der Waals surface area (Å²) in [6, 6.07) is 17.9. The van der Waals surface area contributed by atoms with Crippen LogP contribution in [0.25, 0.3) is 10.8 Å². The lowest BCUT2D eigenvalue weighted by atomic mass is 10.1. The number of rotatable bonds is 4. The first kappa shape index (κ1) is 15.2. The van der Waals surface area contributed by atoms with E-state index in [0.717, 1.165) is 17.5 Å². The number of carbonyl (C=O) groups is 1. The van der Waals surface area contributed by atoms with Crippen molar-refractivity contribution in [3.8, 4) is 0 Å². The summed E-state index contributed by atoms with van der Waals surface area (Å²) in [5, 5.41) is 5.28. The summed E-state index contributed by atoms with van der Waals surface area (Å²) in [6.45, 7) is 4.02. The summed E-state index contributed by atoms with van der Waals surface area (Å²) in [7, 11) is 0. The van der Waals surface area contributed by atoms with Gasteiger partial charge in [0.1, 0.15) is 0 Å². The molecule has 0 fully saturated rings. The second-order valence-electron chi connectivity index (χ2n) is 5.74. The molecule has 0 radical (unpaired) electrons. The van der Waals surface area contributed by atoms with Crippen LogP contribution < -0.4 is 9.88 Å². The number of hydrogen-bond donors (Lipinski definition) is 1. The van der Waals surface area contributed by atoms with Crippen LogP contribution in [-0.2, 0) is 11.2 Å². The zero-order valence-electron chi connectivity index (χ0n) is 13.5. The number of amides is 1. The Labute approximate surface area is 136 Å². The number of benzene rings is 2. The number of aryl methyl sites for hydroxylation is 1. The van der Waals surface area contributed by atoms with Crippen molar-refractivity contribution in [2.75, 3.05) is 5.32 Å². The third-order valence-electron chi connectivity index (χ3n) is 4.17. The number of hydrogen-bond acceptors (Lipinski definition) is 1. The first-order chi connectivity index (χ1) is 11.2. The fourth-order valence-electron chi connectivity index (χ4n) is 2.60. The molecule has 23 heavy (non-hydrogen) atoms. The van der Waals surface area contributed by atoms with Crippen molar-refractivity contribution < 1.29 is 9.36 Å². The van der Waals surface area contributed by atoms with Crippen LogP contribution in [-0.4, -0.2) is 5.91 Å². The van der Waals surface area contributed by atoms with Gasteiger partial charge in [-0.25, -0.2) is 0 Å². The summed E-state index contributed by atoms with van der Waals surface area (Å²) in [6.07, 6.45) is 4.96. The molecule has 3 heteroatoms. The lowest BCUT2D eigenvalue weighted by molar-refractivity contribution is -0.704. The molecule has 0 aliphatic rings. The van der Waals surface area contributed by atoms with Crippen molar-refractivity contribution >= 4 is 22.4 Å². The van der Waals surface area contributed by atoms with Crippen LogP contribution in [0.5, 0.6) is 0 Å². The maximum Gasteiger partial charge on any atom is 0.293 e. The minimum atomic E-state index is -0.273. The van der Waals surface area contributed by atoms with Gasteiger partial charge in [-0.2, -0.15) is 4.57 Å². The Morgan fingerprint density at radius 3 is 2.43 bits per heavy atom. The van der Waals surface area contributed by atoms with Crippen molar-refractivity contribution in [2.45, 2.75) is 26.3 Å². The summed E-state index contributed by atoms with van der Waals surface area (Å²) >= 11 is 0. The van der Waals surface area contributed by atoms with Gasteiger partial charge in [0.15, 0.2) is 12.4 Å². The molecule has 0 saturated carbocycles. The fraction of sp³-hybridized carbons (Fsp3) is 0.200. The second-order valence-corrected chi connectivity index (χ2v) is 5.74. The molecule has 0 aliphatic heterocycles. The molecule has 0 spiro atoms. The highest BCUT2D eigenvalue weighted by Gasteiger charge is 2.22. The van der Waals surface area contributed by atoms with Crippen molar-refractivity contribution in [3.63, 3.8) is 0 Å². The van der Waals surface area contributed by atoms with E-state index in [4.69, 9.17) is 0 Å². The van der Waals surface area contributed by atoms with E-state index in [1.54, 1.807) is 0 Å². The molecule has 2 aromatic carbocycles. The SMILES string of the molecule is CCc1ccc(NC(=O)[C@@H](C)[n+]2ccc3ccccc3c2)cc1. The molecular formula is C20H21N2O+. The average Bonchev–Trinajstić information content (AvgIpc) is 2.61. The number of nitrogens with zero attached hydrogens (tertiary/aromatic N) is 1. The molecule has 0 aliphatic carbocycles. The van der Waals surface area contributed by atoms with E-state index >= 15 is 0 Å². The van der Waals surface area contributed by atoms with Gasteiger partial charge in [0.2, 0.25) is 6.04 Å². The lowest BCUT2D eigenvalue weighted by Gasteiger charge is -2.09. The Balaban J connectivity index is 1.77. The summed E-state index contributed by atoms with van der Waals surface area (Å²) < 4.78 is 1.94. The molecule has 1 N–H and O–H groups in total. The molecule has 1 atom stereocenters. The van der Waals surface area contributed by atoms with E-state index in [9.17, 15) is 4.79 Å². The van der Waals surface area contributed by atoms with E-state index in [2.05, 4.69) is 24.4 Å². The van der Waals surface area contributed by atoms with Crippen molar-refractivity contribution in [3.05, 3.63) is 72.6 Å². The third kappa shape index (κ3) is 3.39. The van der Waals surface area contributed by atoms with Crippen molar-refractivity contribution in [1.29, 1.82) is 0 Å². The molecule has 0 unspecified atom stereocenters. The first-order valence-electron chi connectivity index (χ1n) is 7.96. The minimum Gasteiger partial charge on any atom is -0.320 e. The lowest BCUT2D eigenvalue weighted by Crippen LogP contribution is -2.44. The molecule has 3 nitrogen and oxygen atoms in total. The van der Waals surface area contributed by atoms with Crippen molar-refractivity contribution in [1.82, 2.24) is 0 Å². The highest BCUT2D eigenvalue weighted by Crippen LogP contribution is 2.13. The van der Waals surface area contributed by atoms with Gasteiger partial charge in [-0.3, -0.25) is 4.79 Å². The van der Waals surface area contributed by atoms with Gasteiger partial charge in [0, 0.05) is 24.1 Å². The van der Waals surface area contributed by atoms with E-state index < -0.39 is 0 Å². The molecule has 3 aromatic rings. The summed E-state index contributed by atoms with van der Waals surface area (Å²) in [4.78, 5) is 12.5. The standard InChI is InChI=1S/C20H20N2O/c1-3-16-8-10-19(11-9-16)21-20(23)15(2)22-13-12-17-6-4-5-7-18(17)14-22/h4-15H,3H2,1-2H3/p+1/t15-/m1/s1. The molecule has 0 bridgehead atoms. The quantitative estimate of drug-likeness (QED) is 0.729. The Bertz CT molecular complexity index is 824. The molecule has 1 heterocycles. The van der Waals surface area contributed by atoms with Crippen LogP contribution in [0.2, 0.25) is 0 Å². The maximum atomic E-state index is 12.5. The number of nitrogens with one attached hydrogen (secondary N) is 1. The van der Waals surface area contributed by atoms with Crippen LogP contribution in [0.4, 0.5) is 5.69 Å². The zero-order chi connectivity index (χ0) is 16.2. The normalized spacial score (nSPS) is 12.1. The Morgan fingerprint density at radius 1 is 1.04 bits per heavy atom. The number of pyridine rings is 1. The monoisotopic (exact) mass is 305 g/mol. The number of fused-ring (bicyclic) bond motifs is 1. The average molecular weight is 305 g/mol. The van der Waals surface area contributed by atoms with E-state index in [1.165, 1.54) is 10.9 Å². The molecule has 116 valence electrons. The number of aromatic nitrogens is 1. The predicted octanol–water partition coefficient (Wildman–Crippen LogP) is 3.89. The van der Waals surface area contributed by atoms with Gasteiger partial charge in [-0.15, -0.1) is 0 Å². The Hall–Kier alpha value is -2.68. The largest absolute Gasteiger partial charge is 0.320 e. The molecular weight excluding hydrogens is 284 g/mol. The Morgan fingerprint density at radius 2 is 1.74 bits per heavy atom. The number of anilines is 1. The molecule has 1 aromatic heterocycles. The smallest absolute Gasteiger partial charge is 0.293 e. The minimum absolute atomic E-state index is 0.0190. The van der Waals surface area contributed by atoms with E-state index in [0.29, 0.717) is 0 Å². The molecule has 1 amide bonds. The van der Waals surface area contributed by atoms with E-state index in [-0.39, 0.29) is 11.9 Å². The summed E-state index contributed by atoms with van der Waals surface area (Å²) in [5.74, 6) is -0.0190. The summed E-state index contributed by atoms with van der Waals surface area (Å²) in [5.41, 5.74) is 2.10. The van der Waals surface area contributed by atoms with Gasteiger partial charge in [0.25, 0.3) is 5.91 Å². The number of carbonyl (C=O) groups excluding carboxylic acids is 1. The van der Waals surface area contributed by atoms with Crippen LogP contribution >= 0.6 is 0 Å². The van der Waals surface area contributed by atoms with Gasteiger partial charge in [-0.05, 0) is 35.6 Å². The first-order valence-corrected chi connectivity index (χ1v) is 7.96. The van der Waals surface area contributed by atoms with E-state index in [1.807, 2.05) is 66.3 Å². The van der Waals surface area contributed by atoms with Crippen LogP contribution in [0.15, 0.2) is 67.0 Å². The van der Waals surface area contributed by atoms with Crippen molar-refractivity contribution in [2.24, 2.45) is 0 Å². The third-order valence-corrected chi connectivity index (χ3v) is 4.17.